The number of nitrogens with two attached hydrogens (primary N) is 1. The molecule has 18 heteroatoms. The Hall–Kier alpha value is -3.02. The van der Waals surface area contributed by atoms with Crippen LogP contribution in [-0.2, 0) is 32.6 Å². The molecule has 0 saturated carbocycles. The molecule has 1 saturated heterocycles. The first kappa shape index (κ1) is 28.5. The molecule has 1 aromatic rings. The molecular weight excluding hydrogens is 523 g/mol. The van der Waals surface area contributed by atoms with E-state index >= 15 is 0 Å². The first-order valence-electron chi connectivity index (χ1n) is 10.7. The summed E-state index contributed by atoms with van der Waals surface area (Å²) in [5, 5.41) is 42.0. The van der Waals surface area contributed by atoms with E-state index in [4.69, 9.17) is 34.1 Å². The van der Waals surface area contributed by atoms with Crippen LogP contribution in [0.1, 0.15) is 13.2 Å². The van der Waals surface area contributed by atoms with Crippen molar-refractivity contribution in [3.63, 3.8) is 0 Å². The summed E-state index contributed by atoms with van der Waals surface area (Å²) in [6.45, 7) is -0.141. The Balaban J connectivity index is 1.63. The number of hydrogen-bond acceptors (Lipinski definition) is 14. The zero-order chi connectivity index (χ0) is 27.3. The van der Waals surface area contributed by atoms with Gasteiger partial charge in [0.25, 0.3) is 0 Å². The second-order valence-electron chi connectivity index (χ2n) is 7.81. The number of amides is 1. The van der Waals surface area contributed by atoms with Gasteiger partial charge in [-0.3, -0.25) is 18.8 Å². The van der Waals surface area contributed by atoms with Gasteiger partial charge in [0.2, 0.25) is 12.2 Å². The Morgan fingerprint density at radius 3 is 2.76 bits per heavy atom. The van der Waals surface area contributed by atoms with Gasteiger partial charge in [0.1, 0.15) is 42.2 Å². The van der Waals surface area contributed by atoms with Crippen LogP contribution in [0.4, 0.5) is 5.82 Å². The molecule has 7 atom stereocenters. The monoisotopic (exact) mass is 550 g/mol. The molecule has 37 heavy (non-hydrogen) atoms. The van der Waals surface area contributed by atoms with E-state index in [1.165, 1.54) is 19.2 Å². The van der Waals surface area contributed by atoms with Gasteiger partial charge < -0.3 is 50.2 Å². The summed E-state index contributed by atoms with van der Waals surface area (Å²) in [5.41, 5.74) is 4.57. The number of phosphoric ester groups is 1. The Labute approximate surface area is 208 Å². The van der Waals surface area contributed by atoms with Gasteiger partial charge in [-0.05, 0) is 6.07 Å². The lowest BCUT2D eigenvalue weighted by Crippen LogP contribution is -2.48. The summed E-state index contributed by atoms with van der Waals surface area (Å²) in [4.78, 5) is 36.8. The number of phosphoric acid groups is 1. The second-order valence-corrected chi connectivity index (χ2v) is 9.21. The first-order valence-corrected chi connectivity index (χ1v) is 12.2. The van der Waals surface area contributed by atoms with Crippen molar-refractivity contribution in [2.24, 2.45) is 0 Å². The maximum Gasteiger partial charge on any atom is 0.527 e. The van der Waals surface area contributed by atoms with Gasteiger partial charge in [-0.2, -0.15) is 4.98 Å². The predicted octanol–water partition coefficient (Wildman–Crippen LogP) is -2.27. The lowest BCUT2D eigenvalue weighted by Gasteiger charge is -2.31. The fourth-order valence-corrected chi connectivity index (χ4v) is 4.00. The number of carbonyl (C=O) groups excluding carboxylic acids is 1. The molecule has 2 aliphatic rings. The topological polar surface area (TPSA) is 254 Å². The quantitative estimate of drug-likeness (QED) is 0.120. The van der Waals surface area contributed by atoms with E-state index in [1.54, 1.807) is 0 Å². The Morgan fingerprint density at radius 2 is 2.11 bits per heavy atom. The van der Waals surface area contributed by atoms with Crippen LogP contribution in [0.3, 0.4) is 0 Å². The molecule has 3 rings (SSSR count). The van der Waals surface area contributed by atoms with Crippen LogP contribution in [0.25, 0.3) is 0 Å². The van der Waals surface area contributed by atoms with E-state index in [0.29, 0.717) is 6.26 Å². The Bertz CT molecular complexity index is 1140. The van der Waals surface area contributed by atoms with Crippen LogP contribution < -0.4 is 16.7 Å². The van der Waals surface area contributed by atoms with Crippen molar-refractivity contribution >= 4 is 19.5 Å². The van der Waals surface area contributed by atoms with E-state index in [-0.39, 0.29) is 24.8 Å². The summed E-state index contributed by atoms with van der Waals surface area (Å²) < 4.78 is 38.8. The fraction of sp³-hybridized carbons (Fsp3) is 0.526. The number of nitrogens with zero attached hydrogens (tertiary/aromatic N) is 2. The van der Waals surface area contributed by atoms with Crippen LogP contribution in [0, 0.1) is 0 Å². The smallest absolute Gasteiger partial charge is 0.510 e. The molecule has 1 aromatic heterocycles. The molecule has 206 valence electrons. The zero-order valence-corrected chi connectivity index (χ0v) is 20.2. The van der Waals surface area contributed by atoms with Gasteiger partial charge in [-0.15, -0.1) is 0 Å². The first-order chi connectivity index (χ1) is 17.4. The van der Waals surface area contributed by atoms with Crippen LogP contribution in [0.15, 0.2) is 40.9 Å². The number of nitrogen functional groups attached to an aromatic ring is 1. The molecule has 17 nitrogen and oxygen atoms in total. The number of carbonyl (C=O) groups is 1. The SMILES string of the molecule is CC(=O)N[C@@H]1C(O)=C/C(=C/OP(=O)(O)OC[C@H]2O[C@@H](n3ccc(N)nc3=O)[C@H](O)[C@@H]2O)O[C@H]1OCCO. The molecule has 0 aromatic carbocycles. The predicted molar refractivity (Wildman–Crippen MR) is 120 cm³/mol. The third kappa shape index (κ3) is 7.27. The molecule has 0 spiro atoms. The van der Waals surface area contributed by atoms with Crippen molar-refractivity contribution in [3.8, 4) is 0 Å². The van der Waals surface area contributed by atoms with Gasteiger partial charge in [0.05, 0.1) is 19.8 Å². The van der Waals surface area contributed by atoms with Gasteiger partial charge >= 0.3 is 13.5 Å². The highest BCUT2D eigenvalue weighted by atomic mass is 31.2. The molecule has 0 aliphatic carbocycles. The van der Waals surface area contributed by atoms with Crippen molar-refractivity contribution in [2.45, 2.75) is 43.8 Å². The largest absolute Gasteiger partial charge is 0.527 e. The van der Waals surface area contributed by atoms with Crippen molar-refractivity contribution in [1.82, 2.24) is 14.9 Å². The van der Waals surface area contributed by atoms with Crippen LogP contribution >= 0.6 is 7.82 Å². The fourth-order valence-electron chi connectivity index (χ4n) is 3.37. The number of aliphatic hydroxyl groups excluding tert-OH is 4. The van der Waals surface area contributed by atoms with Crippen LogP contribution in [-0.4, -0.2) is 91.2 Å². The minimum atomic E-state index is -4.85. The van der Waals surface area contributed by atoms with E-state index in [1.807, 2.05) is 0 Å². The maximum absolute atomic E-state index is 12.3. The molecular formula is C19H27N4O13P. The summed E-state index contributed by atoms with van der Waals surface area (Å²) in [5.74, 6) is -1.29. The van der Waals surface area contributed by atoms with Gasteiger partial charge in [0, 0.05) is 19.2 Å². The zero-order valence-electron chi connectivity index (χ0n) is 19.3. The number of rotatable bonds is 10. The van der Waals surface area contributed by atoms with Crippen LogP contribution in [0.2, 0.25) is 0 Å². The van der Waals surface area contributed by atoms with E-state index in [9.17, 15) is 34.4 Å². The number of ether oxygens (including phenoxy) is 3. The maximum atomic E-state index is 12.3. The number of anilines is 1. The summed E-state index contributed by atoms with van der Waals surface area (Å²) in [6, 6.07) is 0.149. The van der Waals surface area contributed by atoms with Crippen molar-refractivity contribution in [2.75, 3.05) is 25.6 Å². The molecule has 1 unspecified atom stereocenters. The molecule has 0 bridgehead atoms. The summed E-state index contributed by atoms with van der Waals surface area (Å²) in [7, 11) is -4.85. The van der Waals surface area contributed by atoms with E-state index < -0.39 is 68.7 Å². The third-order valence-corrected chi connectivity index (χ3v) is 5.88. The number of nitrogens with one attached hydrogen (secondary N) is 1. The second kappa shape index (κ2) is 12.0. The number of hydrogen-bond donors (Lipinski definition) is 7. The third-order valence-electron chi connectivity index (χ3n) is 5.03. The van der Waals surface area contributed by atoms with Crippen molar-refractivity contribution in [1.29, 1.82) is 0 Å². The standard InChI is InChI=1S/C19H27N4O13P/c1-9(25)21-14-11(26)6-10(35-18(14)32-5-4-24)7-33-37(30,31)34-8-12-15(27)16(28)17(36-12)23-3-2-13(20)22-19(23)29/h2-3,6-7,12,14-18,24,26-28H,4-5,8H2,1H3,(H,21,25)(H,30,31)(H2,20,22,29)/b10-7-/t12-,14-,15-,16-,17-,18-/m1/s1. The lowest BCUT2D eigenvalue weighted by molar-refractivity contribution is -0.149. The summed E-state index contributed by atoms with van der Waals surface area (Å²) >= 11 is 0. The normalized spacial score (nSPS) is 30.3. The van der Waals surface area contributed by atoms with E-state index in [2.05, 4.69) is 10.3 Å². The number of allylic oxidation sites excluding steroid dienone is 1. The lowest BCUT2D eigenvalue weighted by atomic mass is 10.1. The number of aliphatic hydroxyl groups is 4. The molecule has 8 N–H and O–H groups in total. The summed E-state index contributed by atoms with van der Waals surface area (Å²) in [6.07, 6.45) is -4.41. The highest BCUT2D eigenvalue weighted by molar-refractivity contribution is 7.47. The molecule has 2 aliphatic heterocycles. The minimum absolute atomic E-state index is 0.0660. The highest BCUT2D eigenvalue weighted by Gasteiger charge is 2.45. The highest BCUT2D eigenvalue weighted by Crippen LogP contribution is 2.45. The molecule has 3 heterocycles. The minimum Gasteiger partial charge on any atom is -0.510 e. The molecule has 1 fully saturated rings. The molecule has 0 radical (unpaired) electrons. The van der Waals surface area contributed by atoms with E-state index in [0.717, 1.165) is 10.6 Å². The Morgan fingerprint density at radius 1 is 1.38 bits per heavy atom. The van der Waals surface area contributed by atoms with Crippen LogP contribution in [0.5, 0.6) is 0 Å². The number of aromatic nitrogens is 2. The van der Waals surface area contributed by atoms with Crippen molar-refractivity contribution < 1.29 is 57.9 Å². The van der Waals surface area contributed by atoms with Gasteiger partial charge in [0.15, 0.2) is 12.0 Å². The average Bonchev–Trinajstić information content (AvgIpc) is 3.10. The van der Waals surface area contributed by atoms with Gasteiger partial charge in [-0.25, -0.2) is 9.36 Å². The average molecular weight is 550 g/mol. The molecule has 1 amide bonds. The Kier molecular flexibility index (Phi) is 9.27. The van der Waals surface area contributed by atoms with Crippen molar-refractivity contribution in [3.05, 3.63) is 46.6 Å². The van der Waals surface area contributed by atoms with Gasteiger partial charge in [-0.1, -0.05) is 0 Å².